The lowest BCUT2D eigenvalue weighted by Crippen LogP contribution is -2.48. The van der Waals surface area contributed by atoms with Crippen molar-refractivity contribution in [3.8, 4) is 0 Å². The van der Waals surface area contributed by atoms with Crippen molar-refractivity contribution < 1.29 is 9.59 Å². The largest absolute Gasteiger partial charge is 0.329 e. The quantitative estimate of drug-likeness (QED) is 0.531. The highest BCUT2D eigenvalue weighted by Gasteiger charge is 2.30. The molecule has 2 aliphatic rings. The van der Waals surface area contributed by atoms with Gasteiger partial charge in [-0.25, -0.2) is 4.79 Å². The molecule has 0 aromatic rings. The Hall–Kier alpha value is -1.14. The van der Waals surface area contributed by atoms with E-state index < -0.39 is 0 Å². The van der Waals surface area contributed by atoms with Crippen molar-refractivity contribution in [2.45, 2.75) is 18.9 Å². The number of nitrogens with zero attached hydrogens (tertiary/aromatic N) is 1. The van der Waals surface area contributed by atoms with E-state index in [1.165, 1.54) is 4.90 Å². The molecule has 0 aliphatic carbocycles. The van der Waals surface area contributed by atoms with Crippen LogP contribution in [0.1, 0.15) is 13.3 Å². The summed E-state index contributed by atoms with van der Waals surface area (Å²) in [6.45, 7) is 5.34. The van der Waals surface area contributed by atoms with E-state index in [0.29, 0.717) is 13.1 Å². The fraction of sp³-hybridized carbons (Fsp3) is 0.800. The number of urea groups is 1. The molecular formula is C10H18N4O2. The van der Waals surface area contributed by atoms with Crippen molar-refractivity contribution in [3.63, 3.8) is 0 Å². The van der Waals surface area contributed by atoms with Crippen LogP contribution in [-0.4, -0.2) is 55.1 Å². The van der Waals surface area contributed by atoms with Crippen molar-refractivity contribution in [3.05, 3.63) is 0 Å². The molecule has 2 fully saturated rings. The Morgan fingerprint density at radius 2 is 2.31 bits per heavy atom. The third-order valence-electron chi connectivity index (χ3n) is 3.19. The fourth-order valence-electron chi connectivity index (χ4n) is 2.12. The van der Waals surface area contributed by atoms with Crippen molar-refractivity contribution >= 4 is 11.9 Å². The summed E-state index contributed by atoms with van der Waals surface area (Å²) in [5.74, 6) is -0.137. The van der Waals surface area contributed by atoms with Crippen LogP contribution in [0, 0.1) is 0 Å². The lowest BCUT2D eigenvalue weighted by Gasteiger charge is -2.25. The average molecular weight is 226 g/mol. The van der Waals surface area contributed by atoms with Crippen LogP contribution in [0.5, 0.6) is 0 Å². The lowest BCUT2D eigenvalue weighted by molar-refractivity contribution is -0.124. The molecule has 0 spiro atoms. The molecule has 0 saturated carbocycles. The number of carbonyl (C=O) groups excluding carboxylic acids is 2. The minimum atomic E-state index is -0.276. The Balaban J connectivity index is 1.75. The van der Waals surface area contributed by atoms with Crippen LogP contribution in [-0.2, 0) is 4.79 Å². The summed E-state index contributed by atoms with van der Waals surface area (Å²) in [7, 11) is 0. The van der Waals surface area contributed by atoms with Gasteiger partial charge in [0.15, 0.2) is 0 Å². The average Bonchev–Trinajstić information content (AvgIpc) is 2.79. The molecule has 1 unspecified atom stereocenters. The Morgan fingerprint density at radius 3 is 2.88 bits per heavy atom. The number of nitrogens with one attached hydrogen (secondary N) is 3. The molecule has 6 nitrogen and oxygen atoms in total. The monoisotopic (exact) mass is 226 g/mol. The number of carbonyl (C=O) groups is 2. The summed E-state index contributed by atoms with van der Waals surface area (Å²) < 4.78 is 0. The van der Waals surface area contributed by atoms with Gasteiger partial charge in [-0.2, -0.15) is 0 Å². The van der Waals surface area contributed by atoms with Crippen LogP contribution in [0.2, 0.25) is 0 Å². The Labute approximate surface area is 94.7 Å². The summed E-state index contributed by atoms with van der Waals surface area (Å²) in [6, 6.07) is -0.276. The Kier molecular flexibility index (Phi) is 3.11. The molecule has 2 aliphatic heterocycles. The Bertz CT molecular complexity index is 283. The van der Waals surface area contributed by atoms with E-state index in [1.54, 1.807) is 0 Å². The van der Waals surface area contributed by atoms with E-state index in [0.717, 1.165) is 19.5 Å². The normalized spacial score (nSPS) is 29.9. The van der Waals surface area contributed by atoms with Crippen LogP contribution < -0.4 is 16.0 Å². The predicted molar refractivity (Wildman–Crippen MR) is 59.0 cm³/mol. The van der Waals surface area contributed by atoms with Gasteiger partial charge in [-0.3, -0.25) is 9.69 Å². The van der Waals surface area contributed by atoms with Crippen molar-refractivity contribution in [2.75, 3.05) is 32.7 Å². The molecule has 1 atom stereocenters. The Morgan fingerprint density at radius 1 is 1.50 bits per heavy atom. The standard InChI is InChI=1S/C10H18N4O2/c1-10(2-3-11-7-10)13-4-5-14-8(15)6-12-9(14)16/h11,13H,2-7H2,1H3,(H,12,16). The van der Waals surface area contributed by atoms with Gasteiger partial charge in [-0.05, 0) is 19.9 Å². The van der Waals surface area contributed by atoms with E-state index in [9.17, 15) is 9.59 Å². The number of hydrogen-bond donors (Lipinski definition) is 3. The van der Waals surface area contributed by atoms with E-state index >= 15 is 0 Å². The number of hydrogen-bond acceptors (Lipinski definition) is 4. The summed E-state index contributed by atoms with van der Waals surface area (Å²) in [5.41, 5.74) is 0.0965. The third-order valence-corrected chi connectivity index (χ3v) is 3.19. The smallest absolute Gasteiger partial charge is 0.324 e. The van der Waals surface area contributed by atoms with Crippen molar-refractivity contribution in [1.82, 2.24) is 20.9 Å². The molecule has 90 valence electrons. The SMILES string of the molecule is CC1(NCCN2C(=O)CNC2=O)CCNC1. The number of amides is 3. The van der Waals surface area contributed by atoms with E-state index in [1.807, 2.05) is 0 Å². The molecule has 3 amide bonds. The van der Waals surface area contributed by atoms with Crippen LogP contribution >= 0.6 is 0 Å². The molecule has 16 heavy (non-hydrogen) atoms. The van der Waals surface area contributed by atoms with Gasteiger partial charge < -0.3 is 16.0 Å². The highest BCUT2D eigenvalue weighted by atomic mass is 16.2. The zero-order valence-corrected chi connectivity index (χ0v) is 9.51. The number of rotatable bonds is 4. The summed E-state index contributed by atoms with van der Waals surface area (Å²) in [5, 5.41) is 9.18. The van der Waals surface area contributed by atoms with Gasteiger partial charge in [0, 0.05) is 25.2 Å². The second-order valence-corrected chi connectivity index (χ2v) is 4.62. The molecule has 0 aromatic carbocycles. The molecule has 2 heterocycles. The second kappa shape index (κ2) is 4.39. The third kappa shape index (κ3) is 2.33. The molecular weight excluding hydrogens is 208 g/mol. The van der Waals surface area contributed by atoms with Crippen LogP contribution in [0.3, 0.4) is 0 Å². The van der Waals surface area contributed by atoms with Crippen molar-refractivity contribution in [1.29, 1.82) is 0 Å². The highest BCUT2D eigenvalue weighted by molar-refractivity contribution is 6.01. The first kappa shape index (κ1) is 11.3. The first-order valence-corrected chi connectivity index (χ1v) is 5.65. The molecule has 2 rings (SSSR count). The van der Waals surface area contributed by atoms with Gasteiger partial charge in [-0.1, -0.05) is 0 Å². The van der Waals surface area contributed by atoms with Gasteiger partial charge in [-0.15, -0.1) is 0 Å². The van der Waals surface area contributed by atoms with Gasteiger partial charge >= 0.3 is 6.03 Å². The molecule has 6 heteroatoms. The molecule has 2 saturated heterocycles. The van der Waals surface area contributed by atoms with Crippen LogP contribution in [0.25, 0.3) is 0 Å². The second-order valence-electron chi connectivity index (χ2n) is 4.62. The van der Waals surface area contributed by atoms with Crippen LogP contribution in [0.4, 0.5) is 4.79 Å². The minimum Gasteiger partial charge on any atom is -0.329 e. The first-order valence-electron chi connectivity index (χ1n) is 5.65. The predicted octanol–water partition coefficient (Wildman–Crippen LogP) is -1.12. The first-order chi connectivity index (χ1) is 7.61. The van der Waals surface area contributed by atoms with Gasteiger partial charge in [0.2, 0.25) is 5.91 Å². The summed E-state index contributed by atoms with van der Waals surface area (Å²) >= 11 is 0. The van der Waals surface area contributed by atoms with E-state index in [4.69, 9.17) is 0 Å². The molecule has 0 bridgehead atoms. The van der Waals surface area contributed by atoms with Crippen molar-refractivity contribution in [2.24, 2.45) is 0 Å². The zero-order valence-electron chi connectivity index (χ0n) is 9.51. The fourth-order valence-corrected chi connectivity index (χ4v) is 2.12. The maximum Gasteiger partial charge on any atom is 0.324 e. The summed E-state index contributed by atoms with van der Waals surface area (Å²) in [4.78, 5) is 23.8. The van der Waals surface area contributed by atoms with Gasteiger partial charge in [0.1, 0.15) is 0 Å². The number of imide groups is 1. The molecule has 0 aromatic heterocycles. The van der Waals surface area contributed by atoms with E-state index in [-0.39, 0.29) is 24.0 Å². The van der Waals surface area contributed by atoms with Gasteiger partial charge in [0.25, 0.3) is 0 Å². The topological polar surface area (TPSA) is 73.5 Å². The summed E-state index contributed by atoms with van der Waals surface area (Å²) in [6.07, 6.45) is 1.08. The van der Waals surface area contributed by atoms with E-state index in [2.05, 4.69) is 22.9 Å². The lowest BCUT2D eigenvalue weighted by atomic mass is 10.0. The van der Waals surface area contributed by atoms with Gasteiger partial charge in [0.05, 0.1) is 6.54 Å². The minimum absolute atomic E-state index is 0.0965. The zero-order chi connectivity index (χ0) is 11.6. The maximum absolute atomic E-state index is 11.3. The maximum atomic E-state index is 11.3. The highest BCUT2D eigenvalue weighted by Crippen LogP contribution is 2.12. The molecule has 0 radical (unpaired) electrons. The van der Waals surface area contributed by atoms with Crippen LogP contribution in [0.15, 0.2) is 0 Å². The molecule has 3 N–H and O–H groups in total.